The summed E-state index contributed by atoms with van der Waals surface area (Å²) in [5.74, 6) is -1.07. The number of ether oxygens (including phenoxy) is 2. The van der Waals surface area contributed by atoms with Crippen LogP contribution in [0.4, 0.5) is 4.39 Å². The minimum absolute atomic E-state index is 0.158. The second-order valence-corrected chi connectivity index (χ2v) is 16.0. The largest absolute Gasteiger partial charge is 0.494 e. The fraction of sp³-hybridized carbons (Fsp3) is 0.536. The molecule has 2 aromatic carbocycles. The van der Waals surface area contributed by atoms with E-state index in [0.29, 0.717) is 17.7 Å². The first-order chi connectivity index (χ1) is 16.1. The van der Waals surface area contributed by atoms with Crippen LogP contribution in [0.15, 0.2) is 36.4 Å². The molecule has 0 aromatic heterocycles. The zero-order valence-electron chi connectivity index (χ0n) is 21.5. The second-order valence-electron chi connectivity index (χ2n) is 10.4. The Kier molecular flexibility index (Phi) is 11.1. The van der Waals surface area contributed by atoms with Crippen LogP contribution >= 0.6 is 0 Å². The van der Waals surface area contributed by atoms with Gasteiger partial charge < -0.3 is 14.6 Å². The quantitative estimate of drug-likeness (QED) is 0.202. The molecule has 4 nitrogen and oxygen atoms in total. The van der Waals surface area contributed by atoms with Gasteiger partial charge >= 0.3 is 5.97 Å². The molecule has 1 unspecified atom stereocenters. The summed E-state index contributed by atoms with van der Waals surface area (Å²) in [5, 5.41) is 9.48. The monoisotopic (exact) mass is 488 g/mol. The van der Waals surface area contributed by atoms with Crippen molar-refractivity contribution in [3.05, 3.63) is 47.8 Å². The molecule has 0 spiro atoms. The van der Waals surface area contributed by atoms with Gasteiger partial charge in [0.1, 0.15) is 11.3 Å². The van der Waals surface area contributed by atoms with Gasteiger partial charge in [0.2, 0.25) is 0 Å². The number of carboxylic acids is 1. The van der Waals surface area contributed by atoms with E-state index in [4.69, 9.17) is 9.47 Å². The predicted octanol–water partition coefficient (Wildman–Crippen LogP) is 8.28. The van der Waals surface area contributed by atoms with E-state index in [0.717, 1.165) is 25.0 Å². The van der Waals surface area contributed by atoms with Crippen LogP contribution in [0.3, 0.4) is 0 Å². The van der Waals surface area contributed by atoms with Gasteiger partial charge in [-0.15, -0.1) is 0 Å². The molecule has 0 aliphatic carbocycles. The Hall–Kier alpha value is -2.34. The summed E-state index contributed by atoms with van der Waals surface area (Å²) in [6.45, 7) is 12.3. The molecule has 0 fully saturated rings. The van der Waals surface area contributed by atoms with Gasteiger partial charge in [-0.1, -0.05) is 83.4 Å². The average Bonchev–Trinajstić information content (AvgIpc) is 2.77. The lowest BCUT2D eigenvalue weighted by molar-refractivity contribution is 0.0690. The number of benzene rings is 2. The first kappa shape index (κ1) is 27.9. The molecule has 0 heterocycles. The van der Waals surface area contributed by atoms with Crippen LogP contribution in [0, 0.1) is 11.7 Å². The molecule has 1 N–H and O–H groups in total. The lowest BCUT2D eigenvalue weighted by Crippen LogP contribution is -2.18. The van der Waals surface area contributed by atoms with Crippen LogP contribution in [0.2, 0.25) is 25.7 Å². The maximum atomic E-state index is 15.3. The van der Waals surface area contributed by atoms with Crippen molar-refractivity contribution in [3.8, 4) is 22.6 Å². The summed E-state index contributed by atoms with van der Waals surface area (Å²) in [4.78, 5) is 11.6. The summed E-state index contributed by atoms with van der Waals surface area (Å²) in [6.07, 6.45) is 6.68. The highest BCUT2D eigenvalue weighted by molar-refractivity contribution is 6.76. The number of carboxylic acid groups (broad SMARTS) is 1. The fourth-order valence-electron chi connectivity index (χ4n) is 3.92. The number of unbranched alkanes of at least 4 members (excludes halogenated alkanes) is 3. The number of hydrogen-bond donors (Lipinski definition) is 1. The highest BCUT2D eigenvalue weighted by atomic mass is 28.3. The number of aromatic carboxylic acids is 1. The summed E-state index contributed by atoms with van der Waals surface area (Å²) < 4.78 is 26.8. The number of carbonyl (C=O) groups is 1. The molecule has 34 heavy (non-hydrogen) atoms. The van der Waals surface area contributed by atoms with Gasteiger partial charge in [-0.3, -0.25) is 0 Å². The minimum Gasteiger partial charge on any atom is -0.494 e. The highest BCUT2D eigenvalue weighted by Crippen LogP contribution is 2.33. The normalized spacial score (nSPS) is 12.4. The van der Waals surface area contributed by atoms with Crippen LogP contribution in [-0.2, 0) is 0 Å². The third kappa shape index (κ3) is 9.13. The van der Waals surface area contributed by atoms with E-state index in [1.807, 2.05) is 19.1 Å². The van der Waals surface area contributed by atoms with E-state index in [1.165, 1.54) is 37.4 Å². The summed E-state index contributed by atoms with van der Waals surface area (Å²) in [5.41, 5.74) is 0.812. The second kappa shape index (κ2) is 13.5. The van der Waals surface area contributed by atoms with Crippen molar-refractivity contribution in [2.75, 3.05) is 13.2 Å². The smallest absolute Gasteiger partial charge is 0.339 e. The van der Waals surface area contributed by atoms with E-state index in [2.05, 4.69) is 26.6 Å². The van der Waals surface area contributed by atoms with Crippen molar-refractivity contribution in [2.24, 2.45) is 5.92 Å². The molecule has 1 atom stereocenters. The molecular formula is C28H41FO4Si. The van der Waals surface area contributed by atoms with Crippen molar-refractivity contribution in [1.82, 2.24) is 0 Å². The Labute approximate surface area is 205 Å². The Morgan fingerprint density at radius 1 is 1.00 bits per heavy atom. The van der Waals surface area contributed by atoms with Gasteiger partial charge in [0, 0.05) is 13.6 Å². The Morgan fingerprint density at radius 3 is 2.29 bits per heavy atom. The van der Waals surface area contributed by atoms with Crippen LogP contribution in [0.1, 0.15) is 62.7 Å². The molecular weight excluding hydrogens is 447 g/mol. The summed E-state index contributed by atoms with van der Waals surface area (Å²) >= 11 is 0. The van der Waals surface area contributed by atoms with Gasteiger partial charge in [-0.25, -0.2) is 9.18 Å². The Balaban J connectivity index is 1.98. The Bertz CT molecular complexity index is 906. The third-order valence-corrected chi connectivity index (χ3v) is 7.73. The summed E-state index contributed by atoms with van der Waals surface area (Å²) in [7, 11) is -0.937. The molecule has 0 saturated carbocycles. The van der Waals surface area contributed by atoms with Gasteiger partial charge in [-0.05, 0) is 42.5 Å². The molecule has 2 rings (SSSR count). The van der Waals surface area contributed by atoms with Gasteiger partial charge in [0.05, 0.1) is 13.2 Å². The minimum atomic E-state index is -1.20. The molecule has 0 amide bonds. The summed E-state index contributed by atoms with van der Waals surface area (Å²) in [6, 6.07) is 11.5. The number of rotatable bonds is 15. The molecule has 0 bridgehead atoms. The molecule has 0 saturated heterocycles. The zero-order valence-corrected chi connectivity index (χ0v) is 22.5. The SMILES string of the molecule is CCCC(C)COc1c(C(=O)O)ccc(-c2ccc(OCCCCCC[Si](C)(C)C)cc2)c1F. The van der Waals surface area contributed by atoms with Crippen LogP contribution in [0.25, 0.3) is 11.1 Å². The lowest BCUT2D eigenvalue weighted by Gasteiger charge is -2.16. The fourth-order valence-corrected chi connectivity index (χ4v) is 5.23. The van der Waals surface area contributed by atoms with Gasteiger partial charge in [-0.2, -0.15) is 0 Å². The first-order valence-corrected chi connectivity index (χ1v) is 16.2. The van der Waals surface area contributed by atoms with Crippen molar-refractivity contribution in [1.29, 1.82) is 0 Å². The van der Waals surface area contributed by atoms with E-state index in [-0.39, 0.29) is 23.8 Å². The van der Waals surface area contributed by atoms with E-state index >= 15 is 4.39 Å². The van der Waals surface area contributed by atoms with E-state index in [9.17, 15) is 9.90 Å². The van der Waals surface area contributed by atoms with Crippen molar-refractivity contribution in [2.45, 2.75) is 78.1 Å². The average molecular weight is 489 g/mol. The molecule has 2 aromatic rings. The number of hydrogen-bond acceptors (Lipinski definition) is 3. The third-order valence-electron chi connectivity index (χ3n) is 5.88. The van der Waals surface area contributed by atoms with E-state index in [1.54, 1.807) is 12.1 Å². The highest BCUT2D eigenvalue weighted by Gasteiger charge is 2.21. The van der Waals surface area contributed by atoms with Crippen LogP contribution in [0.5, 0.6) is 11.5 Å². The van der Waals surface area contributed by atoms with Crippen molar-refractivity contribution >= 4 is 14.0 Å². The van der Waals surface area contributed by atoms with Crippen LogP contribution < -0.4 is 9.47 Å². The molecule has 0 aliphatic heterocycles. The lowest BCUT2D eigenvalue weighted by atomic mass is 10.0. The molecule has 0 aliphatic rings. The Morgan fingerprint density at radius 2 is 1.68 bits per heavy atom. The molecule has 188 valence electrons. The maximum Gasteiger partial charge on any atom is 0.339 e. The van der Waals surface area contributed by atoms with E-state index < -0.39 is 19.9 Å². The zero-order chi connectivity index (χ0) is 25.1. The topological polar surface area (TPSA) is 55.8 Å². The number of halogens is 1. The van der Waals surface area contributed by atoms with Crippen LogP contribution in [-0.4, -0.2) is 32.4 Å². The predicted molar refractivity (Wildman–Crippen MR) is 140 cm³/mol. The van der Waals surface area contributed by atoms with Crippen molar-refractivity contribution in [3.63, 3.8) is 0 Å². The van der Waals surface area contributed by atoms with Gasteiger partial charge in [0.25, 0.3) is 0 Å². The molecule has 6 heteroatoms. The standard InChI is InChI=1S/C28H41FO4Si/c1-6-11-21(2)20-33-27-25(28(30)31)17-16-24(26(27)29)22-12-14-23(15-13-22)32-18-9-7-8-10-19-34(3,4)5/h12-17,21H,6-11,18-20H2,1-5H3,(H,30,31). The van der Waals surface area contributed by atoms with Crippen molar-refractivity contribution < 1.29 is 23.8 Å². The van der Waals surface area contributed by atoms with Gasteiger partial charge in [0.15, 0.2) is 11.6 Å². The first-order valence-electron chi connectivity index (χ1n) is 12.5. The maximum absolute atomic E-state index is 15.3. The molecule has 0 radical (unpaired) electrons.